The summed E-state index contributed by atoms with van der Waals surface area (Å²) in [6, 6.07) is 19.8. The van der Waals surface area contributed by atoms with Crippen molar-refractivity contribution in [1.29, 1.82) is 0 Å². The third kappa shape index (κ3) is 5.05. The number of sulfonamides is 1. The molecule has 1 heterocycles. The summed E-state index contributed by atoms with van der Waals surface area (Å²) in [7, 11) is -0.400. The lowest BCUT2D eigenvalue weighted by Gasteiger charge is -2.21. The highest BCUT2D eigenvalue weighted by atomic mass is 32.2. The van der Waals surface area contributed by atoms with Gasteiger partial charge in [0.1, 0.15) is 5.92 Å². The number of nitrogens with two attached hydrogens (primary N) is 1. The lowest BCUT2D eigenvalue weighted by atomic mass is 9.90. The van der Waals surface area contributed by atoms with Gasteiger partial charge in [-0.3, -0.25) is 14.1 Å². The van der Waals surface area contributed by atoms with Crippen LogP contribution in [0.3, 0.4) is 0 Å². The molecule has 0 saturated heterocycles. The van der Waals surface area contributed by atoms with Gasteiger partial charge < -0.3 is 20.5 Å². The Hall–Kier alpha value is -3.89. The van der Waals surface area contributed by atoms with Crippen LogP contribution in [0.2, 0.25) is 0 Å². The number of hydrogen-bond acceptors (Lipinski definition) is 7. The zero-order valence-corrected chi connectivity index (χ0v) is 21.1. The quantitative estimate of drug-likeness (QED) is 0.428. The van der Waals surface area contributed by atoms with Crippen molar-refractivity contribution in [2.75, 3.05) is 43.2 Å². The van der Waals surface area contributed by atoms with E-state index in [1.807, 2.05) is 30.3 Å². The number of fused-ring (bicyclic) bond motifs is 1. The first kappa shape index (κ1) is 25.2. The fourth-order valence-corrected chi connectivity index (χ4v) is 5.14. The van der Waals surface area contributed by atoms with Gasteiger partial charge in [0, 0.05) is 24.8 Å². The number of carbonyl (C=O) groups is 1. The fraction of sp³-hybridized carbons (Fsp3) is 0.231. The molecule has 1 aliphatic rings. The molecule has 0 spiro atoms. The maximum Gasteiger partial charge on any atom is 0.238 e. The van der Waals surface area contributed by atoms with Crippen LogP contribution in [-0.4, -0.2) is 53.6 Å². The molecular weight excluding hydrogens is 480 g/mol. The van der Waals surface area contributed by atoms with Crippen molar-refractivity contribution >= 4 is 38.7 Å². The number of carbonyl (C=O) groups excluding carboxylic acids is 1. The molecule has 4 rings (SSSR count). The number of amides is 1. The summed E-state index contributed by atoms with van der Waals surface area (Å²) in [6.07, 6.45) is 1.14. The van der Waals surface area contributed by atoms with Crippen molar-refractivity contribution in [3.8, 4) is 11.5 Å². The Labute approximate surface area is 210 Å². The maximum atomic E-state index is 13.2. The monoisotopic (exact) mass is 508 g/mol. The van der Waals surface area contributed by atoms with E-state index in [0.717, 1.165) is 17.4 Å². The van der Waals surface area contributed by atoms with Crippen molar-refractivity contribution in [3.63, 3.8) is 0 Å². The van der Waals surface area contributed by atoms with Crippen LogP contribution in [0.4, 0.5) is 17.1 Å². The van der Waals surface area contributed by atoms with Crippen LogP contribution >= 0.6 is 0 Å². The van der Waals surface area contributed by atoms with Crippen molar-refractivity contribution in [3.05, 3.63) is 77.9 Å². The molecule has 36 heavy (non-hydrogen) atoms. The van der Waals surface area contributed by atoms with Gasteiger partial charge in [0.15, 0.2) is 11.5 Å². The normalized spacial score (nSPS) is 15.3. The average Bonchev–Trinajstić information content (AvgIpc) is 3.19. The number of aliphatic imine (C=N–C) groups is 1. The number of nitrogens with zero attached hydrogens (tertiary/aromatic N) is 2. The largest absolute Gasteiger partial charge is 0.493 e. The van der Waals surface area contributed by atoms with E-state index in [2.05, 4.69) is 5.32 Å². The predicted octanol–water partition coefficient (Wildman–Crippen LogP) is 3.29. The summed E-state index contributed by atoms with van der Waals surface area (Å²) in [5, 5.41) is 2.92. The van der Waals surface area contributed by atoms with Crippen molar-refractivity contribution < 1.29 is 22.7 Å². The van der Waals surface area contributed by atoms with E-state index in [9.17, 15) is 13.2 Å². The highest BCUT2D eigenvalue weighted by molar-refractivity contribution is 7.92. The summed E-state index contributed by atoms with van der Waals surface area (Å²) in [4.78, 5) is 18.1. The first-order valence-electron chi connectivity index (χ1n) is 11.3. The molecule has 1 aliphatic heterocycles. The average molecular weight is 509 g/mol. The number of benzene rings is 3. The van der Waals surface area contributed by atoms with Gasteiger partial charge >= 0.3 is 0 Å². The van der Waals surface area contributed by atoms with Gasteiger partial charge in [0.2, 0.25) is 15.9 Å². The molecule has 0 aliphatic carbocycles. The molecule has 188 valence electrons. The second-order valence-corrected chi connectivity index (χ2v) is 10.1. The lowest BCUT2D eigenvalue weighted by Crippen LogP contribution is -2.34. The Bertz CT molecular complexity index is 1390. The molecule has 9 nitrogen and oxygen atoms in total. The summed E-state index contributed by atoms with van der Waals surface area (Å²) in [5.41, 5.74) is 9.35. The summed E-state index contributed by atoms with van der Waals surface area (Å²) >= 11 is 0. The standard InChI is InChI=1S/C26H28N4O5S/c1-34-22-15-20-21(16-23(22)35-2)29-26(31)24(20)25(17-7-5-4-6-8-17)28-18-9-11-19(12-10-18)30(14-13-27)36(3,32)33/h4-12,15-16,24H,13-14,27H2,1-3H3,(H,29,31). The smallest absolute Gasteiger partial charge is 0.238 e. The molecule has 1 unspecified atom stereocenters. The minimum atomic E-state index is -3.48. The van der Waals surface area contributed by atoms with Crippen LogP contribution in [-0.2, 0) is 14.8 Å². The van der Waals surface area contributed by atoms with Crippen LogP contribution in [0.5, 0.6) is 11.5 Å². The van der Waals surface area contributed by atoms with Gasteiger partial charge in [-0.1, -0.05) is 30.3 Å². The molecule has 0 radical (unpaired) electrons. The van der Waals surface area contributed by atoms with Gasteiger partial charge in [-0.15, -0.1) is 0 Å². The van der Waals surface area contributed by atoms with E-state index in [1.165, 1.54) is 11.4 Å². The highest BCUT2D eigenvalue weighted by Gasteiger charge is 2.36. The molecule has 0 saturated carbocycles. The molecule has 1 amide bonds. The molecule has 0 fully saturated rings. The van der Waals surface area contributed by atoms with E-state index >= 15 is 0 Å². The Morgan fingerprint density at radius 3 is 2.25 bits per heavy atom. The topological polar surface area (TPSA) is 123 Å². The van der Waals surface area contributed by atoms with E-state index < -0.39 is 15.9 Å². The van der Waals surface area contributed by atoms with Crippen LogP contribution in [0.15, 0.2) is 71.7 Å². The van der Waals surface area contributed by atoms with E-state index in [-0.39, 0.29) is 19.0 Å². The van der Waals surface area contributed by atoms with Crippen molar-refractivity contribution in [2.24, 2.45) is 10.7 Å². The predicted molar refractivity (Wildman–Crippen MR) is 141 cm³/mol. The number of methoxy groups -OCH3 is 2. The van der Waals surface area contributed by atoms with Crippen molar-refractivity contribution in [2.45, 2.75) is 5.92 Å². The van der Waals surface area contributed by atoms with Crippen LogP contribution < -0.4 is 24.8 Å². The minimum absolute atomic E-state index is 0.168. The SMILES string of the molecule is COc1cc2c(cc1OC)C(C(=Nc1ccc(N(CCN)S(C)(=O)=O)cc1)c1ccccc1)C(=O)N2. The third-order valence-corrected chi connectivity index (χ3v) is 7.04. The van der Waals surface area contributed by atoms with Crippen LogP contribution in [0.1, 0.15) is 17.0 Å². The minimum Gasteiger partial charge on any atom is -0.493 e. The molecule has 1 atom stereocenters. The Morgan fingerprint density at radius 2 is 1.67 bits per heavy atom. The zero-order chi connectivity index (χ0) is 25.9. The zero-order valence-electron chi connectivity index (χ0n) is 20.3. The number of ether oxygens (including phenoxy) is 2. The molecule has 10 heteroatoms. The number of hydrogen-bond donors (Lipinski definition) is 2. The van der Waals surface area contributed by atoms with Gasteiger partial charge in [0.05, 0.1) is 37.6 Å². The first-order valence-corrected chi connectivity index (χ1v) is 13.1. The maximum absolute atomic E-state index is 13.2. The van der Waals surface area contributed by atoms with E-state index in [1.54, 1.807) is 43.5 Å². The number of nitrogens with one attached hydrogen (secondary N) is 1. The molecule has 0 bridgehead atoms. The van der Waals surface area contributed by atoms with Crippen LogP contribution in [0, 0.1) is 0 Å². The van der Waals surface area contributed by atoms with Gasteiger partial charge in [-0.2, -0.15) is 0 Å². The molecule has 3 aromatic carbocycles. The third-order valence-electron chi connectivity index (χ3n) is 5.85. The summed E-state index contributed by atoms with van der Waals surface area (Å²) in [5.74, 6) is 0.117. The van der Waals surface area contributed by atoms with Gasteiger partial charge in [-0.05, 0) is 41.5 Å². The van der Waals surface area contributed by atoms with Crippen LogP contribution in [0.25, 0.3) is 0 Å². The fourth-order valence-electron chi connectivity index (χ4n) is 4.20. The molecule has 3 N–H and O–H groups in total. The van der Waals surface area contributed by atoms with Gasteiger partial charge in [-0.25, -0.2) is 8.42 Å². The van der Waals surface area contributed by atoms with E-state index in [0.29, 0.717) is 34.3 Å². The Balaban J connectivity index is 1.80. The molecule has 3 aromatic rings. The van der Waals surface area contributed by atoms with Crippen molar-refractivity contribution in [1.82, 2.24) is 0 Å². The Morgan fingerprint density at radius 1 is 1.03 bits per heavy atom. The first-order chi connectivity index (χ1) is 17.3. The Kier molecular flexibility index (Phi) is 7.27. The highest BCUT2D eigenvalue weighted by Crippen LogP contribution is 2.42. The summed E-state index contributed by atoms with van der Waals surface area (Å²) in [6.45, 7) is 0.358. The molecular formula is C26H28N4O5S. The van der Waals surface area contributed by atoms with Gasteiger partial charge in [0.25, 0.3) is 0 Å². The molecule has 0 aromatic heterocycles. The number of rotatable bonds is 9. The number of anilines is 2. The summed E-state index contributed by atoms with van der Waals surface area (Å²) < 4.78 is 36.4. The second-order valence-electron chi connectivity index (χ2n) is 8.22. The van der Waals surface area contributed by atoms with E-state index in [4.69, 9.17) is 20.2 Å². The second kappa shape index (κ2) is 10.4. The lowest BCUT2D eigenvalue weighted by molar-refractivity contribution is -0.115.